The number of H-pyrrole nitrogens is 1. The highest BCUT2D eigenvalue weighted by Crippen LogP contribution is 2.30. The van der Waals surface area contributed by atoms with Crippen molar-refractivity contribution in [3.05, 3.63) is 70.3 Å². The van der Waals surface area contributed by atoms with Crippen molar-refractivity contribution in [2.24, 2.45) is 0 Å². The van der Waals surface area contributed by atoms with Crippen LogP contribution in [0.3, 0.4) is 0 Å². The molecule has 0 saturated heterocycles. The normalized spacial score (nSPS) is 11.0. The van der Waals surface area contributed by atoms with Crippen LogP contribution in [0.5, 0.6) is 0 Å². The van der Waals surface area contributed by atoms with Crippen molar-refractivity contribution in [3.8, 4) is 6.07 Å². The summed E-state index contributed by atoms with van der Waals surface area (Å²) >= 11 is 6.23. The predicted molar refractivity (Wildman–Crippen MR) is 107 cm³/mol. The summed E-state index contributed by atoms with van der Waals surface area (Å²) in [4.78, 5) is 7.58. The zero-order chi connectivity index (χ0) is 19.0. The zero-order valence-electron chi connectivity index (χ0n) is 14.6. The number of nitriles is 1. The predicted octanol–water partition coefficient (Wildman–Crippen LogP) is 5.34. The topological polar surface area (TPSA) is 64.5 Å². The molecule has 4 rings (SSSR count). The van der Waals surface area contributed by atoms with Crippen LogP contribution in [-0.4, -0.2) is 16.5 Å². The summed E-state index contributed by atoms with van der Waals surface area (Å²) in [6.45, 7) is 2.57. The Hall–Kier alpha value is -3.10. The first-order valence-corrected chi connectivity index (χ1v) is 8.94. The van der Waals surface area contributed by atoms with Crippen molar-refractivity contribution in [2.75, 3.05) is 11.9 Å². The van der Waals surface area contributed by atoms with Gasteiger partial charge in [-0.05, 0) is 43.2 Å². The van der Waals surface area contributed by atoms with Gasteiger partial charge in [-0.15, -0.1) is 0 Å². The van der Waals surface area contributed by atoms with Crippen molar-refractivity contribution in [2.45, 2.75) is 13.3 Å². The highest BCUT2D eigenvalue weighted by atomic mass is 35.5. The monoisotopic (exact) mass is 378 g/mol. The highest BCUT2D eigenvalue weighted by molar-refractivity contribution is 6.35. The third-order valence-electron chi connectivity index (χ3n) is 4.73. The first-order chi connectivity index (χ1) is 13.1. The Morgan fingerprint density at radius 1 is 1.26 bits per heavy atom. The largest absolute Gasteiger partial charge is 0.383 e. The molecule has 2 heterocycles. The first kappa shape index (κ1) is 17.3. The maximum absolute atomic E-state index is 13.6. The SMILES string of the molecule is Cc1[nH]c2ccc(F)cc2c1CCNc1c(C#N)cnc2c(Cl)cccc12. The van der Waals surface area contributed by atoms with Crippen LogP contribution in [0.15, 0.2) is 42.6 Å². The van der Waals surface area contributed by atoms with Crippen LogP contribution in [-0.2, 0) is 6.42 Å². The van der Waals surface area contributed by atoms with Crippen molar-refractivity contribution in [1.82, 2.24) is 9.97 Å². The molecule has 0 fully saturated rings. The number of halogens is 2. The lowest BCUT2D eigenvalue weighted by atomic mass is 10.1. The number of hydrogen-bond donors (Lipinski definition) is 2. The Kier molecular flexibility index (Phi) is 4.43. The van der Waals surface area contributed by atoms with Crippen LogP contribution in [0, 0.1) is 24.1 Å². The molecule has 4 aromatic rings. The molecule has 0 bridgehead atoms. The third-order valence-corrected chi connectivity index (χ3v) is 5.03. The van der Waals surface area contributed by atoms with E-state index in [9.17, 15) is 9.65 Å². The molecule has 4 nitrogen and oxygen atoms in total. The lowest BCUT2D eigenvalue weighted by Gasteiger charge is -2.12. The van der Waals surface area contributed by atoms with Crippen LogP contribution in [0.2, 0.25) is 5.02 Å². The molecule has 0 radical (unpaired) electrons. The summed E-state index contributed by atoms with van der Waals surface area (Å²) < 4.78 is 13.6. The second-order valence-corrected chi connectivity index (χ2v) is 6.80. The Balaban J connectivity index is 1.65. The number of aromatic nitrogens is 2. The van der Waals surface area contributed by atoms with Gasteiger partial charge in [-0.3, -0.25) is 4.98 Å². The summed E-state index contributed by atoms with van der Waals surface area (Å²) in [5.41, 5.74) is 4.83. The van der Waals surface area contributed by atoms with Gasteiger partial charge in [0.2, 0.25) is 0 Å². The van der Waals surface area contributed by atoms with Crippen LogP contribution >= 0.6 is 11.6 Å². The number of anilines is 1. The summed E-state index contributed by atoms with van der Waals surface area (Å²) in [5, 5.41) is 15.0. The number of nitrogens with one attached hydrogen (secondary N) is 2. The van der Waals surface area contributed by atoms with E-state index in [1.54, 1.807) is 18.2 Å². The molecule has 0 saturated carbocycles. The average Bonchev–Trinajstić information content (AvgIpc) is 2.97. The Bertz CT molecular complexity index is 1210. The lowest BCUT2D eigenvalue weighted by Crippen LogP contribution is -2.08. The van der Waals surface area contributed by atoms with E-state index in [0.717, 1.165) is 27.5 Å². The van der Waals surface area contributed by atoms with E-state index in [0.29, 0.717) is 34.8 Å². The van der Waals surface area contributed by atoms with Gasteiger partial charge in [-0.2, -0.15) is 5.26 Å². The van der Waals surface area contributed by atoms with E-state index in [1.165, 1.54) is 12.3 Å². The van der Waals surface area contributed by atoms with Crippen molar-refractivity contribution >= 4 is 39.1 Å². The molecule has 0 unspecified atom stereocenters. The van der Waals surface area contributed by atoms with Crippen molar-refractivity contribution in [3.63, 3.8) is 0 Å². The molecule has 0 aliphatic carbocycles. The minimum atomic E-state index is -0.253. The first-order valence-electron chi connectivity index (χ1n) is 8.56. The fraction of sp³-hybridized carbons (Fsp3) is 0.143. The standard InChI is InChI=1S/C21H16ClFN4/c1-12-15(17-9-14(23)5-6-19(17)27-12)7-8-25-20-13(10-24)11-26-21-16(20)3-2-4-18(21)22/h2-6,9,11,27H,7-8H2,1H3,(H,25,26). The molecule has 2 aromatic carbocycles. The van der Waals surface area contributed by atoms with E-state index in [4.69, 9.17) is 11.6 Å². The molecule has 0 aliphatic heterocycles. The van der Waals surface area contributed by atoms with Gasteiger partial charge in [0, 0.05) is 34.7 Å². The number of rotatable bonds is 4. The minimum absolute atomic E-state index is 0.253. The van der Waals surface area contributed by atoms with Crippen LogP contribution in [0.25, 0.3) is 21.8 Å². The van der Waals surface area contributed by atoms with Gasteiger partial charge in [0.05, 0.1) is 21.8 Å². The van der Waals surface area contributed by atoms with E-state index in [2.05, 4.69) is 21.4 Å². The molecule has 0 aliphatic rings. The molecule has 6 heteroatoms. The summed E-state index contributed by atoms with van der Waals surface area (Å²) in [6, 6.07) is 12.4. The van der Waals surface area contributed by atoms with Gasteiger partial charge in [0.1, 0.15) is 11.9 Å². The number of aryl methyl sites for hydroxylation is 1. The molecule has 2 N–H and O–H groups in total. The van der Waals surface area contributed by atoms with Gasteiger partial charge in [0.15, 0.2) is 0 Å². The summed E-state index contributed by atoms with van der Waals surface area (Å²) in [5.74, 6) is -0.253. The Morgan fingerprint density at radius 3 is 2.93 bits per heavy atom. The molecule has 2 aromatic heterocycles. The maximum atomic E-state index is 13.6. The fourth-order valence-electron chi connectivity index (χ4n) is 3.45. The van der Waals surface area contributed by atoms with Gasteiger partial charge >= 0.3 is 0 Å². The second kappa shape index (κ2) is 6.90. The van der Waals surface area contributed by atoms with Gasteiger partial charge < -0.3 is 10.3 Å². The molecule has 0 amide bonds. The maximum Gasteiger partial charge on any atom is 0.123 e. The number of hydrogen-bond acceptors (Lipinski definition) is 3. The molecular weight excluding hydrogens is 363 g/mol. The van der Waals surface area contributed by atoms with Crippen LogP contribution < -0.4 is 5.32 Å². The average molecular weight is 379 g/mol. The van der Waals surface area contributed by atoms with Crippen molar-refractivity contribution in [1.29, 1.82) is 5.26 Å². The van der Waals surface area contributed by atoms with E-state index >= 15 is 0 Å². The fourth-order valence-corrected chi connectivity index (χ4v) is 3.67. The Morgan fingerprint density at radius 2 is 2.11 bits per heavy atom. The van der Waals surface area contributed by atoms with Crippen LogP contribution in [0.4, 0.5) is 10.1 Å². The van der Waals surface area contributed by atoms with E-state index in [-0.39, 0.29) is 5.82 Å². The molecule has 0 spiro atoms. The van der Waals surface area contributed by atoms with Crippen LogP contribution in [0.1, 0.15) is 16.8 Å². The van der Waals surface area contributed by atoms with E-state index < -0.39 is 0 Å². The van der Waals surface area contributed by atoms with Crippen molar-refractivity contribution < 1.29 is 4.39 Å². The number of para-hydroxylation sites is 1. The molecule has 27 heavy (non-hydrogen) atoms. The molecule has 134 valence electrons. The second-order valence-electron chi connectivity index (χ2n) is 6.39. The smallest absolute Gasteiger partial charge is 0.123 e. The summed E-state index contributed by atoms with van der Waals surface area (Å²) in [6.07, 6.45) is 2.22. The third kappa shape index (κ3) is 3.09. The molecule has 0 atom stereocenters. The molecular formula is C21H16ClFN4. The number of nitrogens with zero attached hydrogens (tertiary/aromatic N) is 2. The summed E-state index contributed by atoms with van der Waals surface area (Å²) in [7, 11) is 0. The highest BCUT2D eigenvalue weighted by Gasteiger charge is 2.12. The minimum Gasteiger partial charge on any atom is -0.383 e. The number of benzene rings is 2. The lowest BCUT2D eigenvalue weighted by molar-refractivity contribution is 0.629. The number of fused-ring (bicyclic) bond motifs is 2. The van der Waals surface area contributed by atoms with Gasteiger partial charge in [0.25, 0.3) is 0 Å². The number of aromatic amines is 1. The zero-order valence-corrected chi connectivity index (χ0v) is 15.4. The van der Waals surface area contributed by atoms with Gasteiger partial charge in [-0.25, -0.2) is 4.39 Å². The van der Waals surface area contributed by atoms with Gasteiger partial charge in [-0.1, -0.05) is 23.7 Å². The number of pyridine rings is 1. The Labute approximate surface area is 160 Å². The quantitative estimate of drug-likeness (QED) is 0.503. The van der Waals surface area contributed by atoms with E-state index in [1.807, 2.05) is 19.1 Å².